The molecule has 0 aliphatic heterocycles. The fraction of sp³-hybridized carbons (Fsp3) is 0.160. The minimum atomic E-state index is -0.204. The Kier molecular flexibility index (Phi) is 5.70. The van der Waals surface area contributed by atoms with E-state index >= 15 is 0 Å². The van der Waals surface area contributed by atoms with Gasteiger partial charge in [-0.2, -0.15) is 0 Å². The molecule has 2 heterocycles. The molecule has 150 valence electrons. The van der Waals surface area contributed by atoms with Crippen molar-refractivity contribution in [1.29, 1.82) is 0 Å². The number of pyridine rings is 1. The minimum Gasteiger partial charge on any atom is -0.287 e. The number of rotatable bonds is 7. The molecule has 0 aliphatic carbocycles. The normalized spacial score (nSPS) is 10.8. The highest BCUT2D eigenvalue weighted by Gasteiger charge is 2.27. The van der Waals surface area contributed by atoms with Crippen molar-refractivity contribution in [3.63, 3.8) is 0 Å². The molecule has 0 N–H and O–H groups in total. The van der Waals surface area contributed by atoms with E-state index in [1.165, 1.54) is 0 Å². The topological polar surface area (TPSA) is 56.9 Å². The lowest BCUT2D eigenvalue weighted by molar-refractivity contribution is 0.103. The third kappa shape index (κ3) is 3.62. The first-order chi connectivity index (χ1) is 14.7. The molecule has 5 nitrogen and oxygen atoms in total. The van der Waals surface area contributed by atoms with E-state index in [4.69, 9.17) is 0 Å². The van der Waals surface area contributed by atoms with Crippen molar-refractivity contribution in [2.24, 2.45) is 0 Å². The highest BCUT2D eigenvalue weighted by molar-refractivity contribution is 6.09. The van der Waals surface area contributed by atoms with Gasteiger partial charge >= 0.3 is 0 Å². The molecule has 0 bridgehead atoms. The van der Waals surface area contributed by atoms with Gasteiger partial charge in [0.25, 0.3) is 5.56 Å². The van der Waals surface area contributed by atoms with E-state index in [2.05, 4.69) is 11.9 Å². The number of carbonyl (C=O) groups is 1. The quantitative estimate of drug-likeness (QED) is 0.428. The van der Waals surface area contributed by atoms with Crippen LogP contribution in [0.3, 0.4) is 0 Å². The maximum Gasteiger partial charge on any atom is 0.275 e. The van der Waals surface area contributed by atoms with Crippen LogP contribution in [0.5, 0.6) is 0 Å². The zero-order valence-corrected chi connectivity index (χ0v) is 16.9. The summed E-state index contributed by atoms with van der Waals surface area (Å²) < 4.78 is 3.35. The van der Waals surface area contributed by atoms with Gasteiger partial charge in [0, 0.05) is 23.5 Å². The molecule has 0 atom stereocenters. The molecular weight excluding hydrogens is 374 g/mol. The van der Waals surface area contributed by atoms with Gasteiger partial charge in [0.15, 0.2) is 0 Å². The largest absolute Gasteiger partial charge is 0.287 e. The van der Waals surface area contributed by atoms with Crippen molar-refractivity contribution in [2.45, 2.75) is 26.2 Å². The molecule has 0 unspecified atom stereocenters. The number of hydrogen-bond acceptors (Lipinski definition) is 3. The van der Waals surface area contributed by atoms with Crippen molar-refractivity contribution >= 4 is 5.78 Å². The Balaban J connectivity index is 2.06. The number of benzene rings is 2. The predicted molar refractivity (Wildman–Crippen MR) is 118 cm³/mol. The molecule has 2 aromatic heterocycles. The highest BCUT2D eigenvalue weighted by atomic mass is 16.1. The second kappa shape index (κ2) is 8.74. The molecular formula is C25H23N3O2. The SMILES string of the molecule is CCCCc1c(C(=O)c2cccnc2)n(-c2ccccc2)n(-c2ccccc2)c1=O. The summed E-state index contributed by atoms with van der Waals surface area (Å²) in [5.74, 6) is -0.204. The summed E-state index contributed by atoms with van der Waals surface area (Å²) in [6.07, 6.45) is 5.49. The van der Waals surface area contributed by atoms with Crippen molar-refractivity contribution < 1.29 is 4.79 Å². The fourth-order valence-corrected chi connectivity index (χ4v) is 3.61. The van der Waals surface area contributed by atoms with E-state index in [0.29, 0.717) is 28.9 Å². The molecule has 0 aliphatic rings. The Labute approximate surface area is 175 Å². The van der Waals surface area contributed by atoms with E-state index in [1.807, 2.05) is 60.7 Å². The Bertz CT molecular complexity index is 1190. The van der Waals surface area contributed by atoms with Gasteiger partial charge in [-0.25, -0.2) is 9.36 Å². The predicted octanol–water partition coefficient (Wildman–Crippen LogP) is 4.60. The first-order valence-electron chi connectivity index (χ1n) is 10.1. The maximum absolute atomic E-state index is 13.6. The molecule has 0 spiro atoms. The van der Waals surface area contributed by atoms with Gasteiger partial charge in [0.2, 0.25) is 5.78 Å². The summed E-state index contributed by atoms with van der Waals surface area (Å²) in [7, 11) is 0. The Morgan fingerprint density at radius 3 is 2.07 bits per heavy atom. The van der Waals surface area contributed by atoms with Crippen LogP contribution < -0.4 is 5.56 Å². The van der Waals surface area contributed by atoms with Gasteiger partial charge < -0.3 is 0 Å². The molecule has 5 heteroatoms. The zero-order valence-electron chi connectivity index (χ0n) is 16.9. The Hall–Kier alpha value is -3.73. The van der Waals surface area contributed by atoms with Gasteiger partial charge in [0.05, 0.1) is 11.4 Å². The van der Waals surface area contributed by atoms with Gasteiger partial charge in [-0.15, -0.1) is 0 Å². The molecule has 0 radical (unpaired) electrons. The van der Waals surface area contributed by atoms with E-state index < -0.39 is 0 Å². The lowest BCUT2D eigenvalue weighted by Gasteiger charge is -2.15. The van der Waals surface area contributed by atoms with Crippen molar-refractivity contribution in [3.05, 3.63) is 112 Å². The maximum atomic E-state index is 13.6. The molecule has 2 aromatic carbocycles. The second-order valence-electron chi connectivity index (χ2n) is 7.10. The van der Waals surface area contributed by atoms with E-state index in [0.717, 1.165) is 18.5 Å². The first kappa shape index (κ1) is 19.6. The van der Waals surface area contributed by atoms with Crippen LogP contribution in [0.4, 0.5) is 0 Å². The average Bonchev–Trinajstić information content (AvgIpc) is 3.10. The fourth-order valence-electron chi connectivity index (χ4n) is 3.61. The molecule has 4 rings (SSSR count). The standard InChI is InChI=1S/C25H23N3O2/c1-2-3-16-22-23(24(29)19-11-10-17-26-18-19)27(20-12-6-4-7-13-20)28(25(22)30)21-14-8-5-9-15-21/h4-15,17-18H,2-3,16H2,1H3. The van der Waals surface area contributed by atoms with E-state index in [-0.39, 0.29) is 11.3 Å². The Morgan fingerprint density at radius 1 is 0.867 bits per heavy atom. The first-order valence-corrected chi connectivity index (χ1v) is 10.1. The van der Waals surface area contributed by atoms with Gasteiger partial charge in [0.1, 0.15) is 5.69 Å². The summed E-state index contributed by atoms with van der Waals surface area (Å²) >= 11 is 0. The lowest BCUT2D eigenvalue weighted by Crippen LogP contribution is -2.22. The smallest absolute Gasteiger partial charge is 0.275 e. The van der Waals surface area contributed by atoms with Gasteiger partial charge in [-0.3, -0.25) is 14.6 Å². The van der Waals surface area contributed by atoms with Crippen LogP contribution in [0.2, 0.25) is 0 Å². The van der Waals surface area contributed by atoms with Crippen LogP contribution in [0.1, 0.15) is 41.4 Å². The van der Waals surface area contributed by atoms with Crippen molar-refractivity contribution in [2.75, 3.05) is 0 Å². The second-order valence-corrected chi connectivity index (χ2v) is 7.10. The van der Waals surface area contributed by atoms with E-state index in [1.54, 1.807) is 33.9 Å². The number of carbonyl (C=O) groups excluding carboxylic acids is 1. The van der Waals surface area contributed by atoms with Crippen LogP contribution in [0, 0.1) is 0 Å². The molecule has 0 saturated heterocycles. The number of nitrogens with zero attached hydrogens (tertiary/aromatic N) is 3. The van der Waals surface area contributed by atoms with Crippen molar-refractivity contribution in [1.82, 2.24) is 14.3 Å². The third-order valence-corrected chi connectivity index (χ3v) is 5.07. The molecule has 0 amide bonds. The summed E-state index contributed by atoms with van der Waals surface area (Å²) in [6.45, 7) is 2.08. The van der Waals surface area contributed by atoms with Crippen molar-refractivity contribution in [3.8, 4) is 11.4 Å². The number of para-hydroxylation sites is 2. The highest BCUT2D eigenvalue weighted by Crippen LogP contribution is 2.22. The lowest BCUT2D eigenvalue weighted by atomic mass is 10.0. The van der Waals surface area contributed by atoms with Crippen LogP contribution in [0.25, 0.3) is 11.4 Å². The summed E-state index contributed by atoms with van der Waals surface area (Å²) in [5, 5.41) is 0. The molecule has 30 heavy (non-hydrogen) atoms. The molecule has 0 saturated carbocycles. The van der Waals surface area contributed by atoms with Crippen LogP contribution >= 0.6 is 0 Å². The monoisotopic (exact) mass is 397 g/mol. The number of ketones is 1. The summed E-state index contributed by atoms with van der Waals surface area (Å²) in [5.41, 5.74) is 2.72. The molecule has 0 fully saturated rings. The summed E-state index contributed by atoms with van der Waals surface area (Å²) in [4.78, 5) is 31.3. The van der Waals surface area contributed by atoms with Gasteiger partial charge in [-0.1, -0.05) is 49.7 Å². The van der Waals surface area contributed by atoms with Crippen LogP contribution in [-0.2, 0) is 6.42 Å². The number of hydrogen-bond donors (Lipinski definition) is 0. The zero-order chi connectivity index (χ0) is 20.9. The molecule has 4 aromatic rings. The summed E-state index contributed by atoms with van der Waals surface area (Å²) in [6, 6.07) is 22.4. The third-order valence-electron chi connectivity index (χ3n) is 5.07. The number of aromatic nitrogens is 3. The van der Waals surface area contributed by atoms with Gasteiger partial charge in [-0.05, 0) is 49.2 Å². The average molecular weight is 397 g/mol. The minimum absolute atomic E-state index is 0.161. The van der Waals surface area contributed by atoms with Crippen LogP contribution in [-0.4, -0.2) is 20.1 Å². The number of unbranched alkanes of at least 4 members (excludes halogenated alkanes) is 1. The van der Waals surface area contributed by atoms with Crippen LogP contribution in [0.15, 0.2) is 90.0 Å². The van der Waals surface area contributed by atoms with E-state index in [9.17, 15) is 9.59 Å². The Morgan fingerprint density at radius 2 is 1.50 bits per heavy atom.